The van der Waals surface area contributed by atoms with Crippen LogP contribution in [0.2, 0.25) is 0 Å². The van der Waals surface area contributed by atoms with Crippen LogP contribution in [0.3, 0.4) is 0 Å². The molecule has 0 saturated carbocycles. The van der Waals surface area contributed by atoms with Crippen molar-refractivity contribution in [2.75, 3.05) is 23.7 Å². The lowest BCUT2D eigenvalue weighted by atomic mass is 10.1. The normalized spacial score (nSPS) is 12.4. The number of hydrogen-bond acceptors (Lipinski definition) is 4. The van der Waals surface area contributed by atoms with Crippen molar-refractivity contribution < 1.29 is 31.2 Å². The molecule has 11 heteroatoms. The Labute approximate surface area is 197 Å². The molecule has 2 rings (SSSR count). The molecule has 186 valence electrons. The molecule has 1 atom stereocenters. The van der Waals surface area contributed by atoms with Crippen molar-refractivity contribution in [3.05, 3.63) is 65.5 Å². The van der Waals surface area contributed by atoms with Gasteiger partial charge in [0.05, 0.1) is 11.9 Å². The number of benzene rings is 2. The molecule has 0 aliphatic heterocycles. The molecular formula is C23H28F3N3O4S. The molecule has 7 nitrogen and oxygen atoms in total. The van der Waals surface area contributed by atoms with E-state index in [9.17, 15) is 31.2 Å². The number of carbonyl (C=O) groups is 2. The first kappa shape index (κ1) is 27.2. The van der Waals surface area contributed by atoms with E-state index in [1.54, 1.807) is 0 Å². The van der Waals surface area contributed by atoms with Gasteiger partial charge in [0.25, 0.3) is 0 Å². The zero-order valence-electron chi connectivity index (χ0n) is 19.4. The van der Waals surface area contributed by atoms with E-state index in [2.05, 4.69) is 5.32 Å². The number of halogens is 3. The molecule has 0 radical (unpaired) electrons. The molecule has 1 N–H and O–H groups in total. The van der Waals surface area contributed by atoms with Gasteiger partial charge in [0.1, 0.15) is 18.4 Å². The largest absolute Gasteiger partial charge is 0.354 e. The molecule has 0 heterocycles. The summed E-state index contributed by atoms with van der Waals surface area (Å²) < 4.78 is 65.8. The van der Waals surface area contributed by atoms with Crippen molar-refractivity contribution in [1.82, 2.24) is 10.2 Å². The molecule has 0 aliphatic carbocycles. The van der Waals surface area contributed by atoms with Crippen LogP contribution >= 0.6 is 0 Å². The number of hydrogen-bond donors (Lipinski definition) is 1. The van der Waals surface area contributed by atoms with E-state index >= 15 is 0 Å². The fourth-order valence-electron chi connectivity index (χ4n) is 3.08. The molecule has 2 aromatic rings. The minimum absolute atomic E-state index is 0.106. The summed E-state index contributed by atoms with van der Waals surface area (Å²) in [4.78, 5) is 27.1. The summed E-state index contributed by atoms with van der Waals surface area (Å²) in [5.74, 6) is -3.98. The Morgan fingerprint density at radius 2 is 1.59 bits per heavy atom. The maximum Gasteiger partial charge on any atom is 0.244 e. The van der Waals surface area contributed by atoms with Gasteiger partial charge in [0.15, 0.2) is 11.6 Å². The van der Waals surface area contributed by atoms with E-state index in [1.165, 1.54) is 31.2 Å². The standard InChI is InChI=1S/C23H28F3N3O4S/c1-15(2)12-27-23(31)16(3)28(13-17-5-7-18(24)8-6-17)22(30)14-29(34(4,32)33)19-9-10-20(25)21(26)11-19/h5-11,15-16H,12-14H2,1-4H3,(H,27,31)/t16-/m1/s1. The third-order valence-corrected chi connectivity index (χ3v) is 6.13. The van der Waals surface area contributed by atoms with Crippen LogP contribution in [0, 0.1) is 23.4 Å². The highest BCUT2D eigenvalue weighted by molar-refractivity contribution is 7.92. The van der Waals surface area contributed by atoms with Crippen molar-refractivity contribution in [1.29, 1.82) is 0 Å². The first-order chi connectivity index (χ1) is 15.8. The zero-order valence-corrected chi connectivity index (χ0v) is 20.2. The lowest BCUT2D eigenvalue weighted by Gasteiger charge is -2.31. The number of nitrogens with zero attached hydrogens (tertiary/aromatic N) is 2. The topological polar surface area (TPSA) is 86.8 Å². The van der Waals surface area contributed by atoms with Gasteiger partial charge in [-0.15, -0.1) is 0 Å². The highest BCUT2D eigenvalue weighted by Crippen LogP contribution is 2.21. The summed E-state index contributed by atoms with van der Waals surface area (Å²) in [5.41, 5.74) is 0.269. The van der Waals surface area contributed by atoms with E-state index in [0.717, 1.165) is 23.3 Å². The van der Waals surface area contributed by atoms with Crippen molar-refractivity contribution in [3.8, 4) is 0 Å². The molecule has 0 spiro atoms. The van der Waals surface area contributed by atoms with Crippen LogP contribution in [0.5, 0.6) is 0 Å². The average molecular weight is 500 g/mol. The highest BCUT2D eigenvalue weighted by Gasteiger charge is 2.30. The smallest absolute Gasteiger partial charge is 0.244 e. The molecule has 0 fully saturated rings. The minimum atomic E-state index is -4.08. The van der Waals surface area contributed by atoms with Gasteiger partial charge in [-0.1, -0.05) is 26.0 Å². The second-order valence-electron chi connectivity index (χ2n) is 8.33. The van der Waals surface area contributed by atoms with Crippen molar-refractivity contribution in [2.45, 2.75) is 33.4 Å². The number of anilines is 1. The molecular weight excluding hydrogens is 471 g/mol. The second-order valence-corrected chi connectivity index (χ2v) is 10.2. The van der Waals surface area contributed by atoms with Gasteiger partial charge in [-0.2, -0.15) is 0 Å². The summed E-state index contributed by atoms with van der Waals surface area (Å²) in [6.45, 7) is 4.79. The Balaban J connectivity index is 2.37. The van der Waals surface area contributed by atoms with E-state index in [-0.39, 0.29) is 18.2 Å². The summed E-state index contributed by atoms with van der Waals surface area (Å²) in [5, 5.41) is 2.73. The Morgan fingerprint density at radius 3 is 2.12 bits per heavy atom. The van der Waals surface area contributed by atoms with Crippen LogP contribution < -0.4 is 9.62 Å². The van der Waals surface area contributed by atoms with Crippen molar-refractivity contribution in [2.24, 2.45) is 5.92 Å². The summed E-state index contributed by atoms with van der Waals surface area (Å²) in [6, 6.07) is 6.75. The van der Waals surface area contributed by atoms with E-state index in [1.807, 2.05) is 13.8 Å². The third-order valence-electron chi connectivity index (χ3n) is 4.99. The van der Waals surface area contributed by atoms with E-state index < -0.39 is 51.9 Å². The SMILES string of the molecule is CC(C)CNC(=O)[C@@H](C)N(Cc1ccc(F)cc1)C(=O)CN(c1ccc(F)c(F)c1)S(C)(=O)=O. The summed E-state index contributed by atoms with van der Waals surface area (Å²) in [7, 11) is -4.08. The Kier molecular flexibility index (Phi) is 9.08. The van der Waals surface area contributed by atoms with Crippen LogP contribution in [-0.2, 0) is 26.2 Å². The van der Waals surface area contributed by atoms with Gasteiger partial charge >= 0.3 is 0 Å². The van der Waals surface area contributed by atoms with Crippen LogP contribution in [0.25, 0.3) is 0 Å². The zero-order chi connectivity index (χ0) is 25.6. The first-order valence-electron chi connectivity index (χ1n) is 10.5. The molecule has 0 aliphatic rings. The molecule has 0 saturated heterocycles. The Hall–Kier alpha value is -3.08. The van der Waals surface area contributed by atoms with E-state index in [0.29, 0.717) is 22.5 Å². The summed E-state index contributed by atoms with van der Waals surface area (Å²) >= 11 is 0. The fraction of sp³-hybridized carbons (Fsp3) is 0.391. The maximum atomic E-state index is 13.8. The van der Waals surface area contributed by atoms with Gasteiger partial charge in [-0.05, 0) is 42.7 Å². The monoisotopic (exact) mass is 499 g/mol. The fourth-order valence-corrected chi connectivity index (χ4v) is 3.92. The first-order valence-corrected chi connectivity index (χ1v) is 12.4. The Morgan fingerprint density at radius 1 is 0.971 bits per heavy atom. The molecule has 2 amide bonds. The predicted molar refractivity (Wildman–Crippen MR) is 123 cm³/mol. The predicted octanol–water partition coefficient (Wildman–Crippen LogP) is 3.06. The van der Waals surface area contributed by atoms with Gasteiger partial charge in [-0.3, -0.25) is 13.9 Å². The minimum Gasteiger partial charge on any atom is -0.354 e. The van der Waals surface area contributed by atoms with E-state index in [4.69, 9.17) is 0 Å². The molecule has 0 bridgehead atoms. The number of nitrogens with one attached hydrogen (secondary N) is 1. The van der Waals surface area contributed by atoms with Gasteiger partial charge < -0.3 is 10.2 Å². The second kappa shape index (κ2) is 11.4. The molecule has 34 heavy (non-hydrogen) atoms. The lowest BCUT2D eigenvalue weighted by molar-refractivity contribution is -0.139. The average Bonchev–Trinajstić information content (AvgIpc) is 2.76. The van der Waals surface area contributed by atoms with Gasteiger partial charge in [-0.25, -0.2) is 21.6 Å². The maximum absolute atomic E-state index is 13.8. The molecule has 2 aromatic carbocycles. The summed E-state index contributed by atoms with van der Waals surface area (Å²) in [6.07, 6.45) is 0.824. The highest BCUT2D eigenvalue weighted by atomic mass is 32.2. The van der Waals surface area contributed by atoms with Crippen LogP contribution in [0.1, 0.15) is 26.3 Å². The number of carbonyl (C=O) groups excluding carboxylic acids is 2. The van der Waals surface area contributed by atoms with Crippen LogP contribution in [0.4, 0.5) is 18.9 Å². The lowest BCUT2D eigenvalue weighted by Crippen LogP contribution is -2.51. The number of sulfonamides is 1. The van der Waals surface area contributed by atoms with Gasteiger partial charge in [0, 0.05) is 19.2 Å². The number of rotatable bonds is 10. The Bertz CT molecular complexity index is 1120. The van der Waals surface area contributed by atoms with Crippen LogP contribution in [-0.4, -0.2) is 50.5 Å². The quantitative estimate of drug-likeness (QED) is 0.545. The van der Waals surface area contributed by atoms with Crippen molar-refractivity contribution >= 4 is 27.5 Å². The molecule has 0 unspecified atom stereocenters. The van der Waals surface area contributed by atoms with Crippen molar-refractivity contribution in [3.63, 3.8) is 0 Å². The van der Waals surface area contributed by atoms with Crippen LogP contribution in [0.15, 0.2) is 42.5 Å². The number of amides is 2. The molecule has 0 aromatic heterocycles. The van der Waals surface area contributed by atoms with Gasteiger partial charge in [0.2, 0.25) is 21.8 Å². The third kappa shape index (κ3) is 7.47.